The van der Waals surface area contributed by atoms with Crippen LogP contribution >= 0.6 is 0 Å². The molecule has 2 aromatic rings. The summed E-state index contributed by atoms with van der Waals surface area (Å²) in [7, 11) is 1.74. The van der Waals surface area contributed by atoms with E-state index in [-0.39, 0.29) is 5.56 Å². The Balaban J connectivity index is 0.00000100. The molecule has 0 radical (unpaired) electrons. The van der Waals surface area contributed by atoms with E-state index in [1.165, 1.54) is 0 Å². The van der Waals surface area contributed by atoms with Gasteiger partial charge in [-0.1, -0.05) is 56.8 Å². The van der Waals surface area contributed by atoms with Gasteiger partial charge in [0.15, 0.2) is 11.6 Å². The molecule has 0 aliphatic carbocycles. The summed E-state index contributed by atoms with van der Waals surface area (Å²) in [4.78, 5) is 5.23. The van der Waals surface area contributed by atoms with E-state index in [0.29, 0.717) is 11.4 Å². The van der Waals surface area contributed by atoms with Crippen LogP contribution in [-0.4, -0.2) is 16.9 Å². The van der Waals surface area contributed by atoms with Crippen molar-refractivity contribution in [1.29, 1.82) is 0 Å². The minimum Gasteiger partial charge on any atom is -0.344 e. The molecule has 4 heteroatoms. The van der Waals surface area contributed by atoms with Crippen molar-refractivity contribution in [1.82, 2.24) is 9.88 Å². The molecule has 1 aliphatic rings. The summed E-state index contributed by atoms with van der Waals surface area (Å²) < 4.78 is 28.4. The van der Waals surface area contributed by atoms with Gasteiger partial charge in [0, 0.05) is 18.3 Å². The van der Waals surface area contributed by atoms with E-state index < -0.39 is 11.6 Å². The average Bonchev–Trinajstić information content (AvgIpc) is 2.61. The molecule has 1 aromatic heterocycles. The van der Waals surface area contributed by atoms with Crippen LogP contribution in [0.25, 0.3) is 11.3 Å². The van der Waals surface area contributed by atoms with Gasteiger partial charge in [-0.05, 0) is 11.6 Å². The fraction of sp³-hybridized carbons (Fsp3) is 0.150. The number of pyridine rings is 1. The first-order valence-corrected chi connectivity index (χ1v) is 7.79. The highest BCUT2D eigenvalue weighted by Gasteiger charge is 2.24. The molecule has 2 heterocycles. The normalized spacial score (nSPS) is 13.7. The van der Waals surface area contributed by atoms with Crippen molar-refractivity contribution in [3.8, 4) is 0 Å². The van der Waals surface area contributed by atoms with Gasteiger partial charge in [0.2, 0.25) is 0 Å². The van der Waals surface area contributed by atoms with E-state index in [2.05, 4.69) is 11.6 Å². The van der Waals surface area contributed by atoms with Gasteiger partial charge in [0.05, 0.1) is 23.7 Å². The van der Waals surface area contributed by atoms with Crippen molar-refractivity contribution < 1.29 is 8.78 Å². The van der Waals surface area contributed by atoms with Crippen molar-refractivity contribution in [3.63, 3.8) is 0 Å². The van der Waals surface area contributed by atoms with Gasteiger partial charge in [-0.3, -0.25) is 4.98 Å². The summed E-state index contributed by atoms with van der Waals surface area (Å²) in [5.41, 5.74) is 2.62. The van der Waals surface area contributed by atoms with Crippen LogP contribution in [-0.2, 0) is 0 Å². The smallest absolute Gasteiger partial charge is 0.153 e. The average molecular weight is 326 g/mol. The lowest BCUT2D eigenvalue weighted by atomic mass is 9.95. The highest BCUT2D eigenvalue weighted by atomic mass is 19.1. The molecule has 0 unspecified atom stereocenters. The zero-order valence-electron chi connectivity index (χ0n) is 14.1. The highest BCUT2D eigenvalue weighted by Crippen LogP contribution is 2.37. The van der Waals surface area contributed by atoms with Crippen LogP contribution in [0.1, 0.15) is 25.0 Å². The number of aromatic nitrogens is 1. The number of benzene rings is 1. The minimum absolute atomic E-state index is 0.0955. The molecule has 0 fully saturated rings. The molecule has 0 N–H and O–H groups in total. The van der Waals surface area contributed by atoms with E-state index in [4.69, 9.17) is 0 Å². The maximum atomic E-state index is 14.2. The monoisotopic (exact) mass is 326 g/mol. The summed E-state index contributed by atoms with van der Waals surface area (Å²) in [6.07, 6.45) is 5.68. The molecule has 2 nitrogen and oxygen atoms in total. The number of nitrogens with zero attached hydrogens (tertiary/aromatic N) is 2. The molecule has 0 saturated heterocycles. The van der Waals surface area contributed by atoms with E-state index in [1.807, 2.05) is 56.3 Å². The third-order valence-corrected chi connectivity index (χ3v) is 3.64. The maximum Gasteiger partial charge on any atom is 0.153 e. The lowest BCUT2D eigenvalue weighted by molar-refractivity contribution is 0.543. The summed E-state index contributed by atoms with van der Waals surface area (Å²) in [5.74, 6) is -1.39. The van der Waals surface area contributed by atoms with Crippen molar-refractivity contribution in [2.75, 3.05) is 7.05 Å². The fourth-order valence-electron chi connectivity index (χ4n) is 2.49. The summed E-state index contributed by atoms with van der Waals surface area (Å²) >= 11 is 0. The molecule has 0 amide bonds. The SMILES string of the molecule is C=C1C=CC(c2ccccc2)=C(c2c(F)cncc2F)N1C.CC. The second-order valence-electron chi connectivity index (χ2n) is 4.99. The van der Waals surface area contributed by atoms with Crippen LogP contribution in [0, 0.1) is 11.6 Å². The quantitative estimate of drug-likeness (QED) is 0.747. The first-order valence-electron chi connectivity index (χ1n) is 7.79. The van der Waals surface area contributed by atoms with Gasteiger partial charge in [-0.25, -0.2) is 8.78 Å². The van der Waals surface area contributed by atoms with Crippen molar-refractivity contribution in [2.45, 2.75) is 13.8 Å². The largest absolute Gasteiger partial charge is 0.344 e. The number of hydrogen-bond donors (Lipinski definition) is 0. The lowest BCUT2D eigenvalue weighted by Gasteiger charge is -2.29. The van der Waals surface area contributed by atoms with Crippen molar-refractivity contribution in [2.24, 2.45) is 0 Å². The number of halogens is 2. The van der Waals surface area contributed by atoms with Gasteiger partial charge in [-0.2, -0.15) is 0 Å². The number of likely N-dealkylation sites (N-methyl/N-ethyl adjacent to an activating group) is 1. The van der Waals surface area contributed by atoms with Crippen LogP contribution in [0.3, 0.4) is 0 Å². The molecule has 1 aromatic carbocycles. The van der Waals surface area contributed by atoms with Crippen LogP contribution in [0.4, 0.5) is 8.78 Å². The number of allylic oxidation sites excluding steroid dienone is 3. The molecule has 24 heavy (non-hydrogen) atoms. The molecular weight excluding hydrogens is 306 g/mol. The first kappa shape index (κ1) is 17.6. The summed E-state index contributed by atoms with van der Waals surface area (Å²) in [6, 6.07) is 9.47. The Labute approximate surface area is 141 Å². The molecule has 0 bridgehead atoms. The van der Waals surface area contributed by atoms with Crippen molar-refractivity contribution in [3.05, 3.63) is 89.9 Å². The molecule has 0 spiro atoms. The Morgan fingerprint density at radius 1 is 0.958 bits per heavy atom. The standard InChI is InChI=1S/C18H14F2N2.C2H6/c1-12-8-9-14(13-6-4-3-5-7-13)18(22(12)2)17-15(19)10-21-11-16(17)20;1-2/h3-11H,1H2,2H3;1-2H3. The van der Waals surface area contributed by atoms with Crippen LogP contribution in [0.5, 0.6) is 0 Å². The van der Waals surface area contributed by atoms with E-state index in [9.17, 15) is 8.78 Å². The Morgan fingerprint density at radius 3 is 2.12 bits per heavy atom. The van der Waals surface area contributed by atoms with Gasteiger partial charge in [-0.15, -0.1) is 0 Å². The first-order chi connectivity index (χ1) is 11.6. The number of rotatable bonds is 2. The molecule has 3 rings (SSSR count). The van der Waals surface area contributed by atoms with Gasteiger partial charge >= 0.3 is 0 Å². The van der Waals surface area contributed by atoms with E-state index in [1.54, 1.807) is 11.9 Å². The van der Waals surface area contributed by atoms with Gasteiger partial charge < -0.3 is 4.90 Å². The maximum absolute atomic E-state index is 14.2. The Bertz CT molecular complexity index is 772. The Kier molecular flexibility index (Phi) is 5.64. The third-order valence-electron chi connectivity index (χ3n) is 3.64. The molecular formula is C20H20F2N2. The Morgan fingerprint density at radius 2 is 1.54 bits per heavy atom. The predicted molar refractivity (Wildman–Crippen MR) is 94.8 cm³/mol. The fourth-order valence-corrected chi connectivity index (χ4v) is 2.49. The van der Waals surface area contributed by atoms with E-state index in [0.717, 1.165) is 23.5 Å². The van der Waals surface area contributed by atoms with Crippen LogP contribution < -0.4 is 0 Å². The van der Waals surface area contributed by atoms with Crippen LogP contribution in [0.15, 0.2) is 67.2 Å². The zero-order chi connectivity index (χ0) is 17.7. The number of hydrogen-bond acceptors (Lipinski definition) is 2. The predicted octanol–water partition coefficient (Wildman–Crippen LogP) is 5.27. The zero-order valence-corrected chi connectivity index (χ0v) is 14.1. The highest BCUT2D eigenvalue weighted by molar-refractivity contribution is 5.97. The Hall–Kier alpha value is -2.75. The second kappa shape index (κ2) is 7.68. The topological polar surface area (TPSA) is 16.1 Å². The molecule has 0 atom stereocenters. The molecule has 0 saturated carbocycles. The third kappa shape index (κ3) is 3.27. The second-order valence-corrected chi connectivity index (χ2v) is 4.99. The summed E-state index contributed by atoms with van der Waals surface area (Å²) in [5, 5.41) is 0. The van der Waals surface area contributed by atoms with Gasteiger partial charge in [0.25, 0.3) is 0 Å². The summed E-state index contributed by atoms with van der Waals surface area (Å²) in [6.45, 7) is 7.90. The van der Waals surface area contributed by atoms with Crippen LogP contribution in [0.2, 0.25) is 0 Å². The van der Waals surface area contributed by atoms with E-state index >= 15 is 0 Å². The lowest BCUT2D eigenvalue weighted by Crippen LogP contribution is -2.20. The molecule has 1 aliphatic heterocycles. The van der Waals surface area contributed by atoms with Gasteiger partial charge in [0.1, 0.15) is 0 Å². The van der Waals surface area contributed by atoms with Crippen molar-refractivity contribution >= 4 is 11.3 Å². The minimum atomic E-state index is -0.696. The molecule has 124 valence electrons.